The minimum atomic E-state index is -0.0683. The van der Waals surface area contributed by atoms with E-state index in [1.807, 2.05) is 14.1 Å². The Morgan fingerprint density at radius 1 is 1.42 bits per heavy atom. The molecule has 0 spiro atoms. The first-order valence-corrected chi connectivity index (χ1v) is 7.11. The normalized spacial score (nSPS) is 12.8. The van der Waals surface area contributed by atoms with Crippen molar-refractivity contribution in [2.45, 2.75) is 19.9 Å². The molecule has 3 N–H and O–H groups in total. The number of rotatable bonds is 5. The van der Waals surface area contributed by atoms with Gasteiger partial charge in [0.2, 0.25) is 0 Å². The maximum absolute atomic E-state index is 12.2. The number of halogens is 1. The number of carbonyl (C=O) groups excluding carboxylic acids is 1. The lowest BCUT2D eigenvalue weighted by molar-refractivity contribution is 0.0916. The van der Waals surface area contributed by atoms with E-state index in [4.69, 9.17) is 5.73 Å². The van der Waals surface area contributed by atoms with Crippen molar-refractivity contribution in [2.24, 2.45) is 5.92 Å². The number of anilines is 1. The molecule has 1 amide bonds. The van der Waals surface area contributed by atoms with E-state index in [2.05, 4.69) is 40.0 Å². The number of nitrogens with zero attached hydrogens (tertiary/aromatic N) is 1. The summed E-state index contributed by atoms with van der Waals surface area (Å²) in [7, 11) is 4.00. The molecule has 0 aliphatic carbocycles. The fourth-order valence-corrected chi connectivity index (χ4v) is 2.12. The average molecular weight is 328 g/mol. The first-order chi connectivity index (χ1) is 8.81. The Morgan fingerprint density at radius 2 is 2.05 bits per heavy atom. The monoisotopic (exact) mass is 327 g/mol. The Labute approximate surface area is 123 Å². The van der Waals surface area contributed by atoms with Crippen LogP contribution in [0.25, 0.3) is 0 Å². The molecule has 0 aliphatic heterocycles. The molecule has 0 fully saturated rings. The number of benzene rings is 1. The number of nitrogens with two attached hydrogens (primary N) is 1. The highest BCUT2D eigenvalue weighted by molar-refractivity contribution is 9.10. The van der Waals surface area contributed by atoms with Crippen molar-refractivity contribution >= 4 is 27.5 Å². The molecule has 0 saturated heterocycles. The molecule has 1 aromatic carbocycles. The van der Waals surface area contributed by atoms with Crippen LogP contribution in [0.2, 0.25) is 0 Å². The van der Waals surface area contributed by atoms with Crippen molar-refractivity contribution in [1.29, 1.82) is 0 Å². The third-order valence-electron chi connectivity index (χ3n) is 2.95. The number of likely N-dealkylation sites (N-methyl/N-ethyl adjacent to an activating group) is 1. The molecule has 0 aliphatic rings. The molecule has 19 heavy (non-hydrogen) atoms. The van der Waals surface area contributed by atoms with Gasteiger partial charge in [-0.25, -0.2) is 0 Å². The zero-order valence-corrected chi connectivity index (χ0v) is 13.5. The van der Waals surface area contributed by atoms with Crippen LogP contribution in [0.1, 0.15) is 24.2 Å². The van der Waals surface area contributed by atoms with Crippen molar-refractivity contribution in [2.75, 3.05) is 26.4 Å². The molecule has 0 aromatic heterocycles. The summed E-state index contributed by atoms with van der Waals surface area (Å²) in [4.78, 5) is 14.3. The molecule has 4 nitrogen and oxygen atoms in total. The smallest absolute Gasteiger partial charge is 0.251 e. The van der Waals surface area contributed by atoms with Gasteiger partial charge >= 0.3 is 0 Å². The summed E-state index contributed by atoms with van der Waals surface area (Å²) >= 11 is 3.34. The summed E-state index contributed by atoms with van der Waals surface area (Å²) < 4.78 is 0.744. The van der Waals surface area contributed by atoms with Crippen LogP contribution in [0.5, 0.6) is 0 Å². The lowest BCUT2D eigenvalue weighted by atomic mass is 10.0. The first kappa shape index (κ1) is 16.0. The summed E-state index contributed by atoms with van der Waals surface area (Å²) in [6.45, 7) is 5.03. The van der Waals surface area contributed by atoms with E-state index in [0.29, 0.717) is 17.2 Å². The van der Waals surface area contributed by atoms with Crippen LogP contribution < -0.4 is 11.1 Å². The van der Waals surface area contributed by atoms with Gasteiger partial charge in [-0.05, 0) is 54.1 Å². The Kier molecular flexibility index (Phi) is 5.82. The average Bonchev–Trinajstić information content (AvgIpc) is 2.31. The van der Waals surface area contributed by atoms with Gasteiger partial charge in [0.25, 0.3) is 5.91 Å². The molecule has 1 rings (SSSR count). The van der Waals surface area contributed by atoms with Gasteiger partial charge in [0.15, 0.2) is 0 Å². The second kappa shape index (κ2) is 6.91. The van der Waals surface area contributed by atoms with Crippen LogP contribution in [-0.2, 0) is 0 Å². The number of hydrogen-bond acceptors (Lipinski definition) is 3. The van der Waals surface area contributed by atoms with Crippen molar-refractivity contribution in [3.8, 4) is 0 Å². The van der Waals surface area contributed by atoms with Crippen LogP contribution in [0.3, 0.4) is 0 Å². The summed E-state index contributed by atoms with van der Waals surface area (Å²) in [6.07, 6.45) is 0. The van der Waals surface area contributed by atoms with Gasteiger partial charge in [0, 0.05) is 28.3 Å². The maximum Gasteiger partial charge on any atom is 0.251 e. The van der Waals surface area contributed by atoms with Crippen LogP contribution in [0.15, 0.2) is 22.7 Å². The molecule has 1 atom stereocenters. The third-order valence-corrected chi connectivity index (χ3v) is 3.63. The van der Waals surface area contributed by atoms with E-state index in [0.717, 1.165) is 11.0 Å². The van der Waals surface area contributed by atoms with Gasteiger partial charge in [-0.1, -0.05) is 13.8 Å². The number of amides is 1. The van der Waals surface area contributed by atoms with E-state index in [1.54, 1.807) is 18.2 Å². The molecule has 0 heterocycles. The molecule has 0 saturated carbocycles. The standard InChI is InChI=1S/C14H22BrN3O/c1-9(2)13(8-18(3)4)17-14(19)10-5-6-12(16)11(15)7-10/h5-7,9,13H,8,16H2,1-4H3,(H,17,19). The molecule has 5 heteroatoms. The molecule has 0 radical (unpaired) electrons. The maximum atomic E-state index is 12.2. The van der Waals surface area contributed by atoms with E-state index < -0.39 is 0 Å². The first-order valence-electron chi connectivity index (χ1n) is 6.32. The largest absolute Gasteiger partial charge is 0.398 e. The summed E-state index contributed by atoms with van der Waals surface area (Å²) in [6, 6.07) is 5.34. The lowest BCUT2D eigenvalue weighted by Gasteiger charge is -2.25. The molecular weight excluding hydrogens is 306 g/mol. The van der Waals surface area contributed by atoms with Gasteiger partial charge in [-0.15, -0.1) is 0 Å². The van der Waals surface area contributed by atoms with Crippen molar-refractivity contribution in [3.63, 3.8) is 0 Å². The minimum absolute atomic E-state index is 0.0683. The predicted molar refractivity (Wildman–Crippen MR) is 83.2 cm³/mol. The Bertz CT molecular complexity index is 446. The van der Waals surface area contributed by atoms with Gasteiger partial charge in [-0.3, -0.25) is 4.79 Å². The molecule has 106 valence electrons. The van der Waals surface area contributed by atoms with E-state index in [-0.39, 0.29) is 11.9 Å². The van der Waals surface area contributed by atoms with E-state index >= 15 is 0 Å². The fourth-order valence-electron chi connectivity index (χ4n) is 1.74. The molecule has 0 bridgehead atoms. The van der Waals surface area contributed by atoms with E-state index in [1.165, 1.54) is 0 Å². The van der Waals surface area contributed by atoms with E-state index in [9.17, 15) is 4.79 Å². The second-order valence-corrected chi connectivity index (χ2v) is 6.18. The number of carbonyl (C=O) groups is 1. The SMILES string of the molecule is CC(C)C(CN(C)C)NC(=O)c1ccc(N)c(Br)c1. The number of nitrogen functional groups attached to an aromatic ring is 1. The van der Waals surface area contributed by atoms with Crippen LogP contribution >= 0.6 is 15.9 Å². The van der Waals surface area contributed by atoms with Crippen molar-refractivity contribution < 1.29 is 4.79 Å². The topological polar surface area (TPSA) is 58.4 Å². The number of hydrogen-bond donors (Lipinski definition) is 2. The zero-order chi connectivity index (χ0) is 14.6. The quantitative estimate of drug-likeness (QED) is 0.816. The Hall–Kier alpha value is -1.07. The Balaban J connectivity index is 2.78. The van der Waals surface area contributed by atoms with Crippen LogP contribution in [-0.4, -0.2) is 37.5 Å². The predicted octanol–water partition coefficient (Wildman–Crippen LogP) is 2.35. The summed E-state index contributed by atoms with van der Waals surface area (Å²) in [5.74, 6) is 0.310. The van der Waals surface area contributed by atoms with Gasteiger partial charge in [0.1, 0.15) is 0 Å². The van der Waals surface area contributed by atoms with Gasteiger partial charge < -0.3 is 16.0 Å². The molecule has 1 aromatic rings. The van der Waals surface area contributed by atoms with Gasteiger partial charge in [-0.2, -0.15) is 0 Å². The number of nitrogens with one attached hydrogen (secondary N) is 1. The fraction of sp³-hybridized carbons (Fsp3) is 0.500. The second-order valence-electron chi connectivity index (χ2n) is 5.32. The highest BCUT2D eigenvalue weighted by atomic mass is 79.9. The third kappa shape index (κ3) is 4.84. The van der Waals surface area contributed by atoms with Crippen molar-refractivity contribution in [3.05, 3.63) is 28.2 Å². The lowest BCUT2D eigenvalue weighted by Crippen LogP contribution is -2.45. The Morgan fingerprint density at radius 3 is 2.53 bits per heavy atom. The van der Waals surface area contributed by atoms with Crippen molar-refractivity contribution in [1.82, 2.24) is 10.2 Å². The zero-order valence-electron chi connectivity index (χ0n) is 11.9. The highest BCUT2D eigenvalue weighted by Gasteiger charge is 2.18. The van der Waals surface area contributed by atoms with Gasteiger partial charge in [0.05, 0.1) is 0 Å². The summed E-state index contributed by atoms with van der Waals surface area (Å²) in [5, 5.41) is 3.07. The van der Waals surface area contributed by atoms with Crippen LogP contribution in [0, 0.1) is 5.92 Å². The molecule has 1 unspecified atom stereocenters. The highest BCUT2D eigenvalue weighted by Crippen LogP contribution is 2.20. The summed E-state index contributed by atoms with van der Waals surface area (Å²) in [5.41, 5.74) is 6.97. The minimum Gasteiger partial charge on any atom is -0.398 e. The van der Waals surface area contributed by atoms with Crippen LogP contribution in [0.4, 0.5) is 5.69 Å². The molecular formula is C14H22BrN3O.